The van der Waals surface area contributed by atoms with E-state index in [4.69, 9.17) is 4.74 Å². The minimum atomic E-state index is -0.575. The van der Waals surface area contributed by atoms with Gasteiger partial charge in [0.2, 0.25) is 5.91 Å². The third-order valence-corrected chi connectivity index (χ3v) is 4.54. The number of methoxy groups -OCH3 is 1. The van der Waals surface area contributed by atoms with Crippen molar-refractivity contribution in [3.63, 3.8) is 0 Å². The number of aryl methyl sites for hydroxylation is 1. The van der Waals surface area contributed by atoms with Gasteiger partial charge in [-0.05, 0) is 30.3 Å². The summed E-state index contributed by atoms with van der Waals surface area (Å²) in [4.78, 5) is 29.1. The maximum absolute atomic E-state index is 13.8. The normalized spacial score (nSPS) is 11.1. The van der Waals surface area contributed by atoms with Crippen molar-refractivity contribution in [2.75, 3.05) is 12.4 Å². The molecule has 4 aromatic rings. The molecule has 4 rings (SSSR count). The summed E-state index contributed by atoms with van der Waals surface area (Å²) in [5.41, 5.74) is 0.330. The number of benzene rings is 1. The van der Waals surface area contributed by atoms with Crippen LogP contribution in [0.4, 0.5) is 14.6 Å². The van der Waals surface area contributed by atoms with E-state index in [9.17, 15) is 18.4 Å². The van der Waals surface area contributed by atoms with E-state index in [1.807, 2.05) is 0 Å². The maximum atomic E-state index is 13.8. The number of pyridine rings is 1. The molecule has 9 heteroatoms. The molecule has 0 saturated carbocycles. The second-order valence-electron chi connectivity index (χ2n) is 6.38. The highest BCUT2D eigenvalue weighted by atomic mass is 19.1. The van der Waals surface area contributed by atoms with Crippen LogP contribution in [0.1, 0.15) is 6.42 Å². The van der Waals surface area contributed by atoms with Crippen molar-refractivity contribution in [2.45, 2.75) is 13.0 Å². The fourth-order valence-corrected chi connectivity index (χ4v) is 3.17. The van der Waals surface area contributed by atoms with Crippen molar-refractivity contribution in [2.24, 2.45) is 0 Å². The fourth-order valence-electron chi connectivity index (χ4n) is 3.17. The van der Waals surface area contributed by atoms with E-state index in [0.717, 1.165) is 6.07 Å². The zero-order valence-electron chi connectivity index (χ0n) is 15.4. The van der Waals surface area contributed by atoms with Crippen LogP contribution in [0.2, 0.25) is 0 Å². The van der Waals surface area contributed by atoms with Gasteiger partial charge in [-0.15, -0.1) is 0 Å². The van der Waals surface area contributed by atoms with Crippen molar-refractivity contribution in [3.05, 3.63) is 70.8 Å². The van der Waals surface area contributed by atoms with Crippen molar-refractivity contribution in [1.82, 2.24) is 14.0 Å². The lowest BCUT2D eigenvalue weighted by molar-refractivity contribution is -0.116. The Labute approximate surface area is 163 Å². The fraction of sp³-hybridized carbons (Fsp3) is 0.150. The van der Waals surface area contributed by atoms with Crippen LogP contribution in [0.25, 0.3) is 16.6 Å². The summed E-state index contributed by atoms with van der Waals surface area (Å²) in [6, 6.07) is 8.24. The molecule has 148 valence electrons. The first-order valence-corrected chi connectivity index (χ1v) is 8.76. The predicted octanol–water partition coefficient (Wildman–Crippen LogP) is 2.96. The Morgan fingerprint density at radius 3 is 2.62 bits per heavy atom. The van der Waals surface area contributed by atoms with Crippen LogP contribution in [-0.4, -0.2) is 27.0 Å². The number of aromatic nitrogens is 3. The van der Waals surface area contributed by atoms with Gasteiger partial charge in [-0.3, -0.25) is 9.59 Å². The number of nitrogens with zero attached hydrogens (tertiary/aromatic N) is 3. The first kappa shape index (κ1) is 18.6. The Hall–Kier alpha value is -3.75. The molecule has 0 aliphatic heterocycles. The molecule has 0 saturated heterocycles. The summed E-state index contributed by atoms with van der Waals surface area (Å²) in [5.74, 6) is -0.599. The minimum Gasteiger partial charge on any atom is -0.495 e. The van der Waals surface area contributed by atoms with Gasteiger partial charge >= 0.3 is 0 Å². The average Bonchev–Trinajstić information content (AvgIpc) is 3.10. The molecule has 0 radical (unpaired) electrons. The van der Waals surface area contributed by atoms with Crippen LogP contribution >= 0.6 is 0 Å². The zero-order valence-corrected chi connectivity index (χ0v) is 15.4. The SMILES string of the molecule is COc1ccc(NC(=O)CCn2c(=O)c3cc(F)cn3c3ccc(F)cc32)nc1. The number of amides is 1. The molecule has 0 unspecified atom stereocenters. The van der Waals surface area contributed by atoms with E-state index < -0.39 is 17.2 Å². The summed E-state index contributed by atoms with van der Waals surface area (Å²) in [7, 11) is 1.51. The molecule has 0 aliphatic carbocycles. The Morgan fingerprint density at radius 1 is 1.10 bits per heavy atom. The lowest BCUT2D eigenvalue weighted by Gasteiger charge is -2.12. The molecule has 1 amide bonds. The Balaban J connectivity index is 1.64. The van der Waals surface area contributed by atoms with Gasteiger partial charge < -0.3 is 19.0 Å². The molecule has 0 bridgehead atoms. The summed E-state index contributed by atoms with van der Waals surface area (Å²) >= 11 is 0. The van der Waals surface area contributed by atoms with E-state index in [2.05, 4.69) is 10.3 Å². The van der Waals surface area contributed by atoms with Crippen molar-refractivity contribution in [3.8, 4) is 5.75 Å². The summed E-state index contributed by atoms with van der Waals surface area (Å²) in [5, 5.41) is 2.62. The number of anilines is 1. The number of nitrogens with one attached hydrogen (secondary N) is 1. The standard InChI is InChI=1S/C20H16F2N4O3/c1-29-14-3-5-18(23-10-14)24-19(27)6-7-25-16-8-12(21)2-4-15(16)26-11-13(22)9-17(26)20(25)28/h2-5,8-11H,6-7H2,1H3,(H,23,24,27). The highest BCUT2D eigenvalue weighted by Crippen LogP contribution is 2.18. The summed E-state index contributed by atoms with van der Waals surface area (Å²) < 4.78 is 35.2. The lowest BCUT2D eigenvalue weighted by Crippen LogP contribution is -2.25. The van der Waals surface area contributed by atoms with Crippen molar-refractivity contribution >= 4 is 28.3 Å². The number of rotatable bonds is 5. The van der Waals surface area contributed by atoms with Gasteiger partial charge in [-0.2, -0.15) is 0 Å². The van der Waals surface area contributed by atoms with Gasteiger partial charge in [0.1, 0.15) is 28.7 Å². The Morgan fingerprint density at radius 2 is 1.90 bits per heavy atom. The molecule has 3 aromatic heterocycles. The topological polar surface area (TPSA) is 77.6 Å². The summed E-state index contributed by atoms with van der Waals surface area (Å²) in [6.07, 6.45) is 2.58. The molecule has 0 aliphatic rings. The number of carbonyl (C=O) groups is 1. The Bertz CT molecular complexity index is 1280. The number of hydrogen-bond acceptors (Lipinski definition) is 4. The quantitative estimate of drug-likeness (QED) is 0.561. The number of ether oxygens (including phenoxy) is 1. The largest absolute Gasteiger partial charge is 0.495 e. The molecule has 7 nitrogen and oxygen atoms in total. The highest BCUT2D eigenvalue weighted by molar-refractivity contribution is 5.89. The van der Waals surface area contributed by atoms with E-state index in [1.54, 1.807) is 12.1 Å². The second kappa shape index (κ2) is 7.34. The van der Waals surface area contributed by atoms with Gasteiger partial charge in [0.05, 0.1) is 24.3 Å². The molecule has 1 aromatic carbocycles. The van der Waals surface area contributed by atoms with Crippen LogP contribution in [-0.2, 0) is 11.3 Å². The number of carbonyl (C=O) groups excluding carboxylic acids is 1. The predicted molar refractivity (Wildman–Crippen MR) is 103 cm³/mol. The van der Waals surface area contributed by atoms with Gasteiger partial charge in [0.15, 0.2) is 0 Å². The van der Waals surface area contributed by atoms with Crippen LogP contribution in [0.3, 0.4) is 0 Å². The first-order valence-electron chi connectivity index (χ1n) is 8.76. The molecule has 0 fully saturated rings. The molecule has 0 atom stereocenters. The number of hydrogen-bond donors (Lipinski definition) is 1. The highest BCUT2D eigenvalue weighted by Gasteiger charge is 2.14. The number of halogens is 2. The van der Waals surface area contributed by atoms with E-state index in [-0.39, 0.29) is 29.9 Å². The number of fused-ring (bicyclic) bond motifs is 3. The lowest BCUT2D eigenvalue weighted by atomic mass is 10.2. The molecule has 29 heavy (non-hydrogen) atoms. The zero-order chi connectivity index (χ0) is 20.5. The second-order valence-corrected chi connectivity index (χ2v) is 6.38. The monoisotopic (exact) mass is 398 g/mol. The average molecular weight is 398 g/mol. The van der Waals surface area contributed by atoms with E-state index >= 15 is 0 Å². The van der Waals surface area contributed by atoms with E-state index in [1.165, 1.54) is 46.7 Å². The molecule has 0 spiro atoms. The smallest absolute Gasteiger partial charge is 0.275 e. The third-order valence-electron chi connectivity index (χ3n) is 4.54. The van der Waals surface area contributed by atoms with Crippen LogP contribution in [0.15, 0.2) is 53.6 Å². The van der Waals surface area contributed by atoms with Crippen molar-refractivity contribution < 1.29 is 18.3 Å². The van der Waals surface area contributed by atoms with Gasteiger partial charge in [0, 0.05) is 25.2 Å². The molecular formula is C20H16F2N4O3. The van der Waals surface area contributed by atoms with Crippen LogP contribution in [0.5, 0.6) is 5.75 Å². The molecular weight excluding hydrogens is 382 g/mol. The van der Waals surface area contributed by atoms with Crippen LogP contribution < -0.4 is 15.6 Å². The first-order chi connectivity index (χ1) is 14.0. The van der Waals surface area contributed by atoms with Gasteiger partial charge in [-0.1, -0.05) is 0 Å². The Kier molecular flexibility index (Phi) is 4.71. The molecule has 3 heterocycles. The maximum Gasteiger partial charge on any atom is 0.275 e. The van der Waals surface area contributed by atoms with Gasteiger partial charge in [-0.25, -0.2) is 13.8 Å². The molecule has 1 N–H and O–H groups in total. The van der Waals surface area contributed by atoms with Crippen molar-refractivity contribution in [1.29, 1.82) is 0 Å². The summed E-state index contributed by atoms with van der Waals surface area (Å²) in [6.45, 7) is -0.00985. The minimum absolute atomic E-state index is 0.00985. The van der Waals surface area contributed by atoms with E-state index in [0.29, 0.717) is 17.1 Å². The van der Waals surface area contributed by atoms with Crippen LogP contribution in [0, 0.1) is 11.6 Å². The van der Waals surface area contributed by atoms with Gasteiger partial charge in [0.25, 0.3) is 5.56 Å². The third kappa shape index (κ3) is 3.54.